The SMILES string of the molecule is CCCCP(C)(Cl)(CCCC)C(CCC)n1cncn1. The van der Waals surface area contributed by atoms with E-state index in [9.17, 15) is 0 Å². The van der Waals surface area contributed by atoms with Crippen molar-refractivity contribution in [3.63, 3.8) is 0 Å². The van der Waals surface area contributed by atoms with Gasteiger partial charge in [0, 0.05) is 0 Å². The molecule has 1 unspecified atom stereocenters. The van der Waals surface area contributed by atoms with Gasteiger partial charge in [-0.05, 0) is 0 Å². The summed E-state index contributed by atoms with van der Waals surface area (Å²) in [7, 11) is 0. The number of rotatable bonds is 10. The van der Waals surface area contributed by atoms with Gasteiger partial charge in [0.05, 0.1) is 0 Å². The molecule has 0 spiro atoms. The van der Waals surface area contributed by atoms with Crippen LogP contribution in [0.4, 0.5) is 0 Å². The number of hydrogen-bond donors (Lipinski definition) is 0. The number of aromatic nitrogens is 3. The molecular formula is C15H31ClN3P. The van der Waals surface area contributed by atoms with Crippen LogP contribution in [-0.4, -0.2) is 33.8 Å². The fraction of sp³-hybridized carbons (Fsp3) is 0.867. The van der Waals surface area contributed by atoms with Gasteiger partial charge in [0.25, 0.3) is 0 Å². The van der Waals surface area contributed by atoms with Crippen LogP contribution in [0.25, 0.3) is 0 Å². The Bertz CT molecular complexity index is 366. The molecule has 0 bridgehead atoms. The second kappa shape index (κ2) is 7.75. The van der Waals surface area contributed by atoms with E-state index in [1.54, 1.807) is 6.33 Å². The number of halogens is 1. The summed E-state index contributed by atoms with van der Waals surface area (Å²) < 4.78 is 2.04. The van der Waals surface area contributed by atoms with Crippen LogP contribution in [-0.2, 0) is 0 Å². The molecule has 0 saturated heterocycles. The van der Waals surface area contributed by atoms with Crippen molar-refractivity contribution in [3.05, 3.63) is 12.7 Å². The Labute approximate surface area is 129 Å². The second-order valence-corrected chi connectivity index (χ2v) is 14.8. The van der Waals surface area contributed by atoms with E-state index in [4.69, 9.17) is 11.2 Å². The number of unbranched alkanes of at least 4 members (excludes halogenated alkanes) is 2. The summed E-state index contributed by atoms with van der Waals surface area (Å²) in [6.07, 6.45) is 12.9. The molecule has 1 atom stereocenters. The third-order valence-electron chi connectivity index (χ3n) is 4.34. The van der Waals surface area contributed by atoms with E-state index in [0.29, 0.717) is 5.78 Å². The molecule has 0 radical (unpaired) electrons. The second-order valence-electron chi connectivity index (χ2n) is 6.28. The third-order valence-corrected chi connectivity index (χ3v) is 11.2. The topological polar surface area (TPSA) is 30.7 Å². The van der Waals surface area contributed by atoms with Gasteiger partial charge < -0.3 is 0 Å². The Balaban J connectivity index is 3.09. The Kier molecular flexibility index (Phi) is 6.94. The summed E-state index contributed by atoms with van der Waals surface area (Å²) in [5.74, 6) is -1.96. The molecule has 5 heteroatoms. The van der Waals surface area contributed by atoms with Crippen molar-refractivity contribution < 1.29 is 0 Å². The van der Waals surface area contributed by atoms with Crippen molar-refractivity contribution in [2.45, 2.75) is 65.1 Å². The van der Waals surface area contributed by atoms with E-state index < -0.39 is 5.96 Å². The summed E-state index contributed by atoms with van der Waals surface area (Å²) in [6, 6.07) is 0. The molecule has 1 rings (SSSR count). The molecule has 1 aromatic heterocycles. The maximum absolute atomic E-state index is 7.43. The van der Waals surface area contributed by atoms with E-state index in [-0.39, 0.29) is 0 Å². The zero-order chi connectivity index (χ0) is 15.1. The Hall–Kier alpha value is -0.140. The van der Waals surface area contributed by atoms with E-state index in [1.165, 1.54) is 25.7 Å². The van der Waals surface area contributed by atoms with Gasteiger partial charge in [-0.1, -0.05) is 0 Å². The van der Waals surface area contributed by atoms with Gasteiger partial charge in [-0.3, -0.25) is 0 Å². The van der Waals surface area contributed by atoms with Crippen molar-refractivity contribution in [2.75, 3.05) is 19.0 Å². The predicted octanol–water partition coefficient (Wildman–Crippen LogP) is 5.51. The van der Waals surface area contributed by atoms with Gasteiger partial charge in [0.1, 0.15) is 0 Å². The van der Waals surface area contributed by atoms with Crippen LogP contribution in [0.5, 0.6) is 0 Å². The van der Waals surface area contributed by atoms with Crippen LogP contribution in [0, 0.1) is 0 Å². The quantitative estimate of drug-likeness (QED) is 0.532. The molecule has 20 heavy (non-hydrogen) atoms. The summed E-state index contributed by atoms with van der Waals surface area (Å²) in [5, 5.41) is 4.42. The molecule has 0 aliphatic heterocycles. The fourth-order valence-electron chi connectivity index (χ4n) is 3.02. The minimum absolute atomic E-state index is 0.341. The molecule has 0 amide bonds. The molecule has 0 N–H and O–H groups in total. The minimum atomic E-state index is -2.30. The first-order chi connectivity index (χ1) is 9.46. The normalized spacial score (nSPS) is 15.8. The van der Waals surface area contributed by atoms with Crippen molar-refractivity contribution in [2.24, 2.45) is 0 Å². The first-order valence-corrected chi connectivity index (χ1v) is 12.1. The molecule has 1 aromatic rings. The van der Waals surface area contributed by atoms with Gasteiger partial charge in [-0.2, -0.15) is 0 Å². The van der Waals surface area contributed by atoms with Crippen molar-refractivity contribution >= 4 is 17.2 Å². The summed E-state index contributed by atoms with van der Waals surface area (Å²) in [4.78, 5) is 4.14. The Morgan fingerprint density at radius 1 is 1.10 bits per heavy atom. The molecule has 118 valence electrons. The van der Waals surface area contributed by atoms with Crippen LogP contribution >= 0.6 is 17.2 Å². The summed E-state index contributed by atoms with van der Waals surface area (Å²) in [5.41, 5.74) is 0. The zero-order valence-corrected chi connectivity index (χ0v) is 15.2. The monoisotopic (exact) mass is 319 g/mol. The molecule has 0 aliphatic rings. The molecule has 0 aromatic carbocycles. The molecular weight excluding hydrogens is 289 g/mol. The van der Waals surface area contributed by atoms with Crippen molar-refractivity contribution in [1.29, 1.82) is 0 Å². The first-order valence-electron chi connectivity index (χ1n) is 8.03. The molecule has 3 nitrogen and oxygen atoms in total. The van der Waals surface area contributed by atoms with Gasteiger partial charge >= 0.3 is 129 Å². The van der Waals surface area contributed by atoms with Crippen LogP contribution in [0.3, 0.4) is 0 Å². The molecule has 1 heterocycles. The fourth-order valence-corrected chi connectivity index (χ4v) is 9.19. The van der Waals surface area contributed by atoms with E-state index in [2.05, 4.69) is 37.5 Å². The average Bonchev–Trinajstić information content (AvgIpc) is 2.94. The maximum atomic E-state index is 7.43. The first kappa shape index (κ1) is 17.9. The molecule has 0 aliphatic carbocycles. The average molecular weight is 320 g/mol. The number of nitrogens with zero attached hydrogens (tertiary/aromatic N) is 3. The third kappa shape index (κ3) is 4.43. The summed E-state index contributed by atoms with van der Waals surface area (Å²) >= 11 is 7.43. The van der Waals surface area contributed by atoms with Gasteiger partial charge in [0.2, 0.25) is 0 Å². The predicted molar refractivity (Wildman–Crippen MR) is 92.2 cm³/mol. The van der Waals surface area contributed by atoms with Crippen LogP contribution < -0.4 is 0 Å². The van der Waals surface area contributed by atoms with Gasteiger partial charge in [-0.25, -0.2) is 0 Å². The van der Waals surface area contributed by atoms with E-state index >= 15 is 0 Å². The van der Waals surface area contributed by atoms with Crippen LogP contribution in [0.1, 0.15) is 65.1 Å². The van der Waals surface area contributed by atoms with Crippen LogP contribution in [0.15, 0.2) is 12.7 Å². The number of hydrogen-bond acceptors (Lipinski definition) is 2. The van der Waals surface area contributed by atoms with Crippen molar-refractivity contribution in [1.82, 2.24) is 14.8 Å². The van der Waals surface area contributed by atoms with Gasteiger partial charge in [-0.15, -0.1) is 0 Å². The summed E-state index contributed by atoms with van der Waals surface area (Å²) in [6.45, 7) is 9.10. The standard InChI is InChI=1S/C15H31ClN3P/c1-5-8-11-20(4,16,12-9-6-2)15(10-7-3)19-14-17-13-18-19/h13-15H,5-12H2,1-4H3. The van der Waals surface area contributed by atoms with E-state index in [1.807, 2.05) is 11.0 Å². The van der Waals surface area contributed by atoms with E-state index in [0.717, 1.165) is 25.2 Å². The van der Waals surface area contributed by atoms with Crippen LogP contribution in [0.2, 0.25) is 0 Å². The van der Waals surface area contributed by atoms with Crippen molar-refractivity contribution in [3.8, 4) is 0 Å². The Morgan fingerprint density at radius 3 is 2.10 bits per heavy atom. The Morgan fingerprint density at radius 2 is 1.70 bits per heavy atom. The molecule has 0 fully saturated rings. The zero-order valence-electron chi connectivity index (χ0n) is 13.6. The van der Waals surface area contributed by atoms with Gasteiger partial charge in [0.15, 0.2) is 0 Å². The molecule has 0 saturated carbocycles.